The molecule has 1 aliphatic rings. The number of fused-ring (bicyclic) bond motifs is 1. The van der Waals surface area contributed by atoms with E-state index in [-0.39, 0.29) is 23.9 Å². The third kappa shape index (κ3) is 1.79. The van der Waals surface area contributed by atoms with Gasteiger partial charge < -0.3 is 14.6 Å². The van der Waals surface area contributed by atoms with Gasteiger partial charge in [-0.05, 0) is 12.1 Å². The van der Waals surface area contributed by atoms with E-state index in [1.54, 1.807) is 0 Å². The number of carboxylic acid groups (broad SMARTS) is 1. The molecule has 1 aromatic rings. The van der Waals surface area contributed by atoms with Crippen molar-refractivity contribution < 1.29 is 27.8 Å². The Morgan fingerprint density at radius 2 is 2.06 bits per heavy atom. The second-order valence-electron chi connectivity index (χ2n) is 2.95. The van der Waals surface area contributed by atoms with Gasteiger partial charge in [0.2, 0.25) is 6.79 Å². The number of ether oxygens (including phenoxy) is 2. The fourth-order valence-corrected chi connectivity index (χ4v) is 2.28. The third-order valence-corrected chi connectivity index (χ3v) is 3.28. The summed E-state index contributed by atoms with van der Waals surface area (Å²) in [6.07, 6.45) is 0. The SMILES string of the molecule is O=C(O)c1cc2c(c(S(=O)(=O)Cl)c1)OCO2. The molecule has 0 fully saturated rings. The van der Waals surface area contributed by atoms with Gasteiger partial charge >= 0.3 is 5.97 Å². The molecule has 1 aromatic carbocycles. The number of carbonyl (C=O) groups is 1. The first-order valence-electron chi connectivity index (χ1n) is 4.01. The first kappa shape index (κ1) is 11.0. The molecule has 6 nitrogen and oxygen atoms in total. The predicted molar refractivity (Wildman–Crippen MR) is 52.6 cm³/mol. The number of hydrogen-bond acceptors (Lipinski definition) is 5. The van der Waals surface area contributed by atoms with Gasteiger partial charge in [-0.2, -0.15) is 0 Å². The maximum Gasteiger partial charge on any atom is 0.335 e. The van der Waals surface area contributed by atoms with Gasteiger partial charge in [0.1, 0.15) is 4.90 Å². The van der Waals surface area contributed by atoms with Crippen molar-refractivity contribution in [2.45, 2.75) is 4.90 Å². The monoisotopic (exact) mass is 264 g/mol. The zero-order valence-electron chi connectivity index (χ0n) is 7.64. The van der Waals surface area contributed by atoms with E-state index in [2.05, 4.69) is 0 Å². The van der Waals surface area contributed by atoms with Crippen LogP contribution in [0.1, 0.15) is 10.4 Å². The van der Waals surface area contributed by atoms with Crippen molar-refractivity contribution >= 4 is 25.7 Å². The van der Waals surface area contributed by atoms with Gasteiger partial charge in [-0.1, -0.05) is 0 Å². The number of benzene rings is 1. The molecule has 16 heavy (non-hydrogen) atoms. The molecule has 86 valence electrons. The summed E-state index contributed by atoms with van der Waals surface area (Å²) in [7, 11) is 1.08. The predicted octanol–water partition coefficient (Wildman–Crippen LogP) is 1.04. The summed E-state index contributed by atoms with van der Waals surface area (Å²) in [6.45, 7) is -0.169. The molecule has 0 aromatic heterocycles. The van der Waals surface area contributed by atoms with Crippen LogP contribution >= 0.6 is 10.7 Å². The Morgan fingerprint density at radius 3 is 2.62 bits per heavy atom. The first-order chi connectivity index (χ1) is 7.39. The second kappa shape index (κ2) is 3.53. The maximum atomic E-state index is 11.2. The van der Waals surface area contributed by atoms with Crippen LogP contribution < -0.4 is 9.47 Å². The van der Waals surface area contributed by atoms with Crippen molar-refractivity contribution in [2.75, 3.05) is 6.79 Å². The molecule has 1 N–H and O–H groups in total. The summed E-state index contributed by atoms with van der Waals surface area (Å²) in [5, 5.41) is 8.77. The highest BCUT2D eigenvalue weighted by Gasteiger charge is 2.27. The van der Waals surface area contributed by atoms with Gasteiger partial charge in [0.15, 0.2) is 11.5 Å². The number of aromatic carboxylic acids is 1. The topological polar surface area (TPSA) is 89.9 Å². The quantitative estimate of drug-likeness (QED) is 0.803. The van der Waals surface area contributed by atoms with Crippen LogP contribution in [0, 0.1) is 0 Å². The molecule has 0 bridgehead atoms. The molecule has 0 radical (unpaired) electrons. The smallest absolute Gasteiger partial charge is 0.335 e. The minimum atomic E-state index is -4.08. The Balaban J connectivity index is 2.73. The third-order valence-electron chi connectivity index (χ3n) is 1.95. The summed E-state index contributed by atoms with van der Waals surface area (Å²) in [5.41, 5.74) is -0.233. The number of halogens is 1. The van der Waals surface area contributed by atoms with Crippen molar-refractivity contribution in [3.63, 3.8) is 0 Å². The zero-order valence-corrected chi connectivity index (χ0v) is 9.21. The molecule has 1 aliphatic heterocycles. The van der Waals surface area contributed by atoms with Crippen molar-refractivity contribution in [1.82, 2.24) is 0 Å². The normalized spacial score (nSPS) is 13.8. The highest BCUT2D eigenvalue weighted by atomic mass is 35.7. The van der Waals surface area contributed by atoms with Gasteiger partial charge in [-0.15, -0.1) is 0 Å². The van der Waals surface area contributed by atoms with E-state index in [4.69, 9.17) is 25.3 Å². The minimum absolute atomic E-state index is 0.0547. The van der Waals surface area contributed by atoms with Crippen LogP contribution in [0.3, 0.4) is 0 Å². The summed E-state index contributed by atoms with van der Waals surface area (Å²) >= 11 is 0. The van der Waals surface area contributed by atoms with Crippen LogP contribution in [-0.2, 0) is 9.05 Å². The van der Waals surface area contributed by atoms with Crippen molar-refractivity contribution in [3.05, 3.63) is 17.7 Å². The second-order valence-corrected chi connectivity index (χ2v) is 5.49. The standard InChI is InChI=1S/C8H5ClO6S/c9-16(12,13)6-2-4(8(10)11)1-5-7(6)15-3-14-5/h1-2H,3H2,(H,10,11). The van der Waals surface area contributed by atoms with E-state index in [1.807, 2.05) is 0 Å². The van der Waals surface area contributed by atoms with E-state index in [1.165, 1.54) is 6.07 Å². The van der Waals surface area contributed by atoms with Gasteiger partial charge in [-0.25, -0.2) is 13.2 Å². The summed E-state index contributed by atoms with van der Waals surface area (Å²) in [5.74, 6) is -1.28. The fourth-order valence-electron chi connectivity index (χ4n) is 1.28. The molecule has 0 saturated carbocycles. The van der Waals surface area contributed by atoms with Crippen LogP contribution in [0.2, 0.25) is 0 Å². The van der Waals surface area contributed by atoms with Gasteiger partial charge in [0.25, 0.3) is 9.05 Å². The van der Waals surface area contributed by atoms with E-state index < -0.39 is 19.9 Å². The van der Waals surface area contributed by atoms with Crippen LogP contribution in [0.25, 0.3) is 0 Å². The Bertz CT molecular complexity index is 564. The van der Waals surface area contributed by atoms with E-state index >= 15 is 0 Å². The minimum Gasteiger partial charge on any atom is -0.478 e. The van der Waals surface area contributed by atoms with Gasteiger partial charge in [0.05, 0.1) is 5.56 Å². The molecule has 0 spiro atoms. The lowest BCUT2D eigenvalue weighted by Gasteiger charge is -2.03. The van der Waals surface area contributed by atoms with Gasteiger partial charge in [-0.3, -0.25) is 0 Å². The molecule has 8 heteroatoms. The first-order valence-corrected chi connectivity index (χ1v) is 6.32. The number of carboxylic acids is 1. The summed E-state index contributed by atoms with van der Waals surface area (Å²) in [6, 6.07) is 2.11. The average molecular weight is 265 g/mol. The molecular formula is C8H5ClO6S. The zero-order chi connectivity index (χ0) is 11.9. The Labute approximate surface area is 94.8 Å². The van der Waals surface area contributed by atoms with Crippen molar-refractivity contribution in [2.24, 2.45) is 0 Å². The number of hydrogen-bond donors (Lipinski definition) is 1. The highest BCUT2D eigenvalue weighted by Crippen LogP contribution is 2.40. The molecule has 0 amide bonds. The van der Waals surface area contributed by atoms with Crippen molar-refractivity contribution in [3.8, 4) is 11.5 Å². The summed E-state index contributed by atoms with van der Waals surface area (Å²) in [4.78, 5) is 10.3. The lowest BCUT2D eigenvalue weighted by atomic mass is 10.2. The molecule has 0 atom stereocenters. The van der Waals surface area contributed by atoms with Crippen LogP contribution in [0.4, 0.5) is 0 Å². The molecule has 2 rings (SSSR count). The Morgan fingerprint density at radius 1 is 1.38 bits per heavy atom. The van der Waals surface area contributed by atoms with Crippen LogP contribution in [-0.4, -0.2) is 26.3 Å². The molecule has 1 heterocycles. The number of rotatable bonds is 2. The van der Waals surface area contributed by atoms with E-state index in [9.17, 15) is 13.2 Å². The molecule has 0 unspecified atom stereocenters. The Hall–Kier alpha value is -1.47. The van der Waals surface area contributed by atoms with E-state index in [0.29, 0.717) is 0 Å². The molecular weight excluding hydrogens is 260 g/mol. The van der Waals surface area contributed by atoms with Crippen molar-refractivity contribution in [1.29, 1.82) is 0 Å². The highest BCUT2D eigenvalue weighted by molar-refractivity contribution is 8.13. The van der Waals surface area contributed by atoms with Crippen LogP contribution in [0.5, 0.6) is 11.5 Å². The van der Waals surface area contributed by atoms with Crippen LogP contribution in [0.15, 0.2) is 17.0 Å². The Kier molecular flexibility index (Phi) is 2.43. The van der Waals surface area contributed by atoms with E-state index in [0.717, 1.165) is 6.07 Å². The lowest BCUT2D eigenvalue weighted by Crippen LogP contribution is -2.00. The summed E-state index contributed by atoms with van der Waals surface area (Å²) < 4.78 is 32.2. The maximum absolute atomic E-state index is 11.2. The average Bonchev–Trinajstić information content (AvgIpc) is 2.61. The lowest BCUT2D eigenvalue weighted by molar-refractivity contribution is 0.0696. The fraction of sp³-hybridized carbons (Fsp3) is 0.125. The molecule has 0 saturated heterocycles. The van der Waals surface area contributed by atoms with Gasteiger partial charge in [0, 0.05) is 10.7 Å². The largest absolute Gasteiger partial charge is 0.478 e. The molecule has 0 aliphatic carbocycles.